The van der Waals surface area contributed by atoms with E-state index in [-0.39, 0.29) is 5.91 Å². The molecule has 3 N–H and O–H groups in total. The third-order valence-electron chi connectivity index (χ3n) is 3.78. The van der Waals surface area contributed by atoms with E-state index < -0.39 is 5.54 Å². The van der Waals surface area contributed by atoms with Crippen LogP contribution in [0.5, 0.6) is 0 Å². The molecule has 0 saturated carbocycles. The first kappa shape index (κ1) is 14.5. The lowest BCUT2D eigenvalue weighted by Gasteiger charge is -2.38. The Bertz CT molecular complexity index is 247. The molecule has 1 rings (SSSR count). The summed E-state index contributed by atoms with van der Waals surface area (Å²) < 4.78 is 0. The first-order valence-corrected chi connectivity index (χ1v) is 6.72. The Hall–Kier alpha value is -0.610. The van der Waals surface area contributed by atoms with Crippen molar-refractivity contribution in [1.29, 1.82) is 0 Å². The number of carbonyl (C=O) groups excluding carboxylic acids is 1. The molecule has 1 saturated heterocycles. The van der Waals surface area contributed by atoms with Crippen molar-refractivity contribution in [1.82, 2.24) is 10.2 Å². The molecule has 0 aliphatic carbocycles. The maximum atomic E-state index is 11.8. The molecule has 1 amide bonds. The minimum absolute atomic E-state index is 0.181. The lowest BCUT2D eigenvalue weighted by atomic mass is 9.89. The smallest absolute Gasteiger partial charge is 0.237 e. The molecule has 0 spiro atoms. The van der Waals surface area contributed by atoms with E-state index in [2.05, 4.69) is 24.1 Å². The van der Waals surface area contributed by atoms with Gasteiger partial charge in [-0.1, -0.05) is 13.8 Å². The van der Waals surface area contributed by atoms with Crippen molar-refractivity contribution in [2.24, 2.45) is 11.7 Å². The summed E-state index contributed by atoms with van der Waals surface area (Å²) in [5, 5.41) is 3.36. The Morgan fingerprint density at radius 1 is 1.41 bits per heavy atom. The molecular weight excluding hydrogens is 214 g/mol. The van der Waals surface area contributed by atoms with Crippen molar-refractivity contribution >= 4 is 5.91 Å². The van der Waals surface area contributed by atoms with Gasteiger partial charge in [-0.3, -0.25) is 9.69 Å². The van der Waals surface area contributed by atoms with Crippen LogP contribution in [0, 0.1) is 5.92 Å². The Labute approximate surface area is 105 Å². The molecule has 17 heavy (non-hydrogen) atoms. The molecule has 0 aromatic heterocycles. The first-order chi connectivity index (χ1) is 7.97. The zero-order valence-corrected chi connectivity index (χ0v) is 11.5. The quantitative estimate of drug-likeness (QED) is 0.754. The third-order valence-corrected chi connectivity index (χ3v) is 3.78. The van der Waals surface area contributed by atoms with E-state index in [0.29, 0.717) is 5.92 Å². The van der Waals surface area contributed by atoms with Crippen LogP contribution in [0.1, 0.15) is 40.0 Å². The second-order valence-corrected chi connectivity index (χ2v) is 5.66. The fourth-order valence-corrected chi connectivity index (χ4v) is 2.35. The highest BCUT2D eigenvalue weighted by molar-refractivity contribution is 5.84. The molecule has 100 valence electrons. The van der Waals surface area contributed by atoms with Crippen molar-refractivity contribution in [2.45, 2.75) is 45.6 Å². The van der Waals surface area contributed by atoms with Gasteiger partial charge in [0.25, 0.3) is 0 Å². The van der Waals surface area contributed by atoms with Gasteiger partial charge in [0.2, 0.25) is 5.91 Å². The van der Waals surface area contributed by atoms with Crippen LogP contribution >= 0.6 is 0 Å². The van der Waals surface area contributed by atoms with E-state index in [1.54, 1.807) is 0 Å². The molecule has 4 nitrogen and oxygen atoms in total. The van der Waals surface area contributed by atoms with E-state index in [9.17, 15) is 4.79 Å². The lowest BCUT2D eigenvalue weighted by Crippen LogP contribution is -2.56. The molecule has 1 heterocycles. The number of hydrogen-bond donors (Lipinski definition) is 2. The standard InChI is InChI=1S/C13H27N3O/c1-11(2)5-6-13(3,12(14)17)16-9-4-7-15-8-10-16/h11,15H,4-10H2,1-3H3,(H2,14,17). The van der Waals surface area contributed by atoms with Crippen LogP contribution in [0.25, 0.3) is 0 Å². The van der Waals surface area contributed by atoms with Crippen molar-refractivity contribution in [3.05, 3.63) is 0 Å². The van der Waals surface area contributed by atoms with Gasteiger partial charge >= 0.3 is 0 Å². The van der Waals surface area contributed by atoms with Gasteiger partial charge in [-0.15, -0.1) is 0 Å². The van der Waals surface area contributed by atoms with Crippen LogP contribution in [0.3, 0.4) is 0 Å². The summed E-state index contributed by atoms with van der Waals surface area (Å²) in [5.41, 5.74) is 5.16. The number of nitrogens with one attached hydrogen (secondary N) is 1. The van der Waals surface area contributed by atoms with Crippen molar-refractivity contribution in [3.8, 4) is 0 Å². The van der Waals surface area contributed by atoms with E-state index in [4.69, 9.17) is 5.73 Å². The number of primary amides is 1. The summed E-state index contributed by atoms with van der Waals surface area (Å²) >= 11 is 0. The zero-order chi connectivity index (χ0) is 12.9. The molecule has 1 unspecified atom stereocenters. The van der Waals surface area contributed by atoms with Gasteiger partial charge in [0.1, 0.15) is 0 Å². The zero-order valence-electron chi connectivity index (χ0n) is 11.5. The van der Waals surface area contributed by atoms with Crippen LogP contribution in [-0.2, 0) is 4.79 Å². The van der Waals surface area contributed by atoms with Gasteiger partial charge in [0.15, 0.2) is 0 Å². The van der Waals surface area contributed by atoms with E-state index in [1.807, 2.05) is 6.92 Å². The van der Waals surface area contributed by atoms with E-state index in [0.717, 1.165) is 45.4 Å². The minimum Gasteiger partial charge on any atom is -0.368 e. The fraction of sp³-hybridized carbons (Fsp3) is 0.923. The summed E-state index contributed by atoms with van der Waals surface area (Å²) in [6.45, 7) is 10.2. The monoisotopic (exact) mass is 241 g/mol. The average Bonchev–Trinajstić information content (AvgIpc) is 2.54. The van der Waals surface area contributed by atoms with Gasteiger partial charge in [-0.05, 0) is 38.6 Å². The van der Waals surface area contributed by atoms with Crippen molar-refractivity contribution in [2.75, 3.05) is 26.2 Å². The second-order valence-electron chi connectivity index (χ2n) is 5.66. The SMILES string of the molecule is CC(C)CCC(C)(C(N)=O)N1CCCNCC1. The highest BCUT2D eigenvalue weighted by Gasteiger charge is 2.37. The van der Waals surface area contributed by atoms with Gasteiger partial charge in [0.05, 0.1) is 5.54 Å². The number of carbonyl (C=O) groups is 1. The number of hydrogen-bond acceptors (Lipinski definition) is 3. The van der Waals surface area contributed by atoms with E-state index in [1.165, 1.54) is 0 Å². The van der Waals surface area contributed by atoms with Crippen molar-refractivity contribution in [3.63, 3.8) is 0 Å². The molecule has 1 atom stereocenters. The number of rotatable bonds is 5. The fourth-order valence-electron chi connectivity index (χ4n) is 2.35. The summed E-state index contributed by atoms with van der Waals surface area (Å²) in [7, 11) is 0. The predicted octanol–water partition coefficient (Wildman–Crippen LogP) is 0.962. The molecule has 0 radical (unpaired) electrons. The van der Waals surface area contributed by atoms with E-state index >= 15 is 0 Å². The van der Waals surface area contributed by atoms with Crippen LogP contribution in [-0.4, -0.2) is 42.5 Å². The molecular formula is C13H27N3O. The molecule has 1 aliphatic rings. The molecule has 4 heteroatoms. The van der Waals surface area contributed by atoms with Gasteiger partial charge in [0, 0.05) is 19.6 Å². The molecule has 0 aromatic carbocycles. The van der Waals surface area contributed by atoms with Crippen LogP contribution < -0.4 is 11.1 Å². The van der Waals surface area contributed by atoms with Crippen molar-refractivity contribution < 1.29 is 4.79 Å². The largest absolute Gasteiger partial charge is 0.368 e. The molecule has 0 bridgehead atoms. The van der Waals surface area contributed by atoms with Crippen LogP contribution in [0.2, 0.25) is 0 Å². The Kier molecular flexibility index (Phi) is 5.40. The minimum atomic E-state index is -0.476. The van der Waals surface area contributed by atoms with Crippen LogP contribution in [0.15, 0.2) is 0 Å². The summed E-state index contributed by atoms with van der Waals surface area (Å²) in [6, 6.07) is 0. The maximum Gasteiger partial charge on any atom is 0.237 e. The Morgan fingerprint density at radius 3 is 2.71 bits per heavy atom. The summed E-state index contributed by atoms with van der Waals surface area (Å²) in [6.07, 6.45) is 2.99. The normalized spacial score (nSPS) is 22.1. The molecule has 1 fully saturated rings. The number of amides is 1. The number of nitrogens with two attached hydrogens (primary N) is 1. The third kappa shape index (κ3) is 3.96. The summed E-state index contributed by atoms with van der Waals surface area (Å²) in [4.78, 5) is 14.1. The highest BCUT2D eigenvalue weighted by Crippen LogP contribution is 2.24. The van der Waals surface area contributed by atoms with Gasteiger partial charge < -0.3 is 11.1 Å². The topological polar surface area (TPSA) is 58.4 Å². The molecule has 0 aromatic rings. The maximum absolute atomic E-state index is 11.8. The Morgan fingerprint density at radius 2 is 2.12 bits per heavy atom. The predicted molar refractivity (Wildman–Crippen MR) is 70.7 cm³/mol. The van der Waals surface area contributed by atoms with Gasteiger partial charge in [-0.25, -0.2) is 0 Å². The first-order valence-electron chi connectivity index (χ1n) is 6.72. The van der Waals surface area contributed by atoms with Crippen LogP contribution in [0.4, 0.5) is 0 Å². The molecule has 1 aliphatic heterocycles. The lowest BCUT2D eigenvalue weighted by molar-refractivity contribution is -0.130. The highest BCUT2D eigenvalue weighted by atomic mass is 16.1. The summed E-state index contributed by atoms with van der Waals surface area (Å²) in [5.74, 6) is 0.429. The second kappa shape index (κ2) is 6.36. The number of nitrogens with zero attached hydrogens (tertiary/aromatic N) is 1. The van der Waals surface area contributed by atoms with Gasteiger partial charge in [-0.2, -0.15) is 0 Å². The average molecular weight is 241 g/mol. The Balaban J connectivity index is 2.70.